The molecule has 0 aromatic heterocycles. The van der Waals surface area contributed by atoms with Crippen LogP contribution in [0.3, 0.4) is 0 Å². The monoisotopic (exact) mass is 284 g/mol. The summed E-state index contributed by atoms with van der Waals surface area (Å²) in [6.07, 6.45) is 0. The van der Waals surface area contributed by atoms with Crippen molar-refractivity contribution in [3.05, 3.63) is 29.6 Å². The normalized spacial score (nSPS) is 11.3. The minimum absolute atomic E-state index is 0.287. The molecule has 0 saturated heterocycles. The molecule has 0 aliphatic rings. The van der Waals surface area contributed by atoms with Crippen LogP contribution in [0, 0.1) is 5.82 Å². The summed E-state index contributed by atoms with van der Waals surface area (Å²) in [4.78, 5) is 10.7. The van der Waals surface area contributed by atoms with Gasteiger partial charge < -0.3 is 9.84 Å². The molecule has 1 aromatic rings. The molecule has 0 aliphatic carbocycles. The molecule has 0 fully saturated rings. The Morgan fingerprint density at radius 2 is 2.06 bits per heavy atom. The highest BCUT2D eigenvalue weighted by atomic mass is 32.2. The zero-order valence-corrected chi connectivity index (χ0v) is 9.65. The van der Waals surface area contributed by atoms with E-state index < -0.39 is 28.6 Å². The first kappa shape index (κ1) is 14.6. The fourth-order valence-corrected chi connectivity index (χ4v) is 1.54. The Kier molecular flexibility index (Phi) is 4.83. The molecule has 0 unspecified atom stereocenters. The number of hydrogen-bond acceptors (Lipinski definition) is 3. The summed E-state index contributed by atoms with van der Waals surface area (Å²) in [6, 6.07) is 3.33. The molecule has 0 amide bonds. The number of rotatable bonds is 5. The largest absolute Gasteiger partial charge is 0.492 e. The number of hydrogen-bond donors (Lipinski definition) is 1. The van der Waals surface area contributed by atoms with E-state index in [4.69, 9.17) is 9.84 Å². The van der Waals surface area contributed by atoms with Gasteiger partial charge in [-0.05, 0) is 23.9 Å². The number of ether oxygens (including phenoxy) is 1. The van der Waals surface area contributed by atoms with Gasteiger partial charge in [-0.1, -0.05) is 6.07 Å². The highest BCUT2D eigenvalue weighted by Gasteiger charge is 2.27. The van der Waals surface area contributed by atoms with Gasteiger partial charge in [0.15, 0.2) is 0 Å². The number of carboxylic acids is 1. The van der Waals surface area contributed by atoms with E-state index in [0.29, 0.717) is 0 Å². The summed E-state index contributed by atoms with van der Waals surface area (Å²) in [5.41, 5.74) is -5.06. The molecule has 0 atom stereocenters. The summed E-state index contributed by atoms with van der Waals surface area (Å²) in [6.45, 7) is -0.367. The smallest absolute Gasteiger partial charge is 0.441 e. The Labute approximate surface area is 104 Å². The third kappa shape index (κ3) is 4.44. The fourth-order valence-electron chi connectivity index (χ4n) is 1.14. The Morgan fingerprint density at radius 1 is 1.39 bits per heavy atom. The van der Waals surface area contributed by atoms with Gasteiger partial charge in [0.05, 0.1) is 6.61 Å². The summed E-state index contributed by atoms with van der Waals surface area (Å²) < 4.78 is 53.4. The second-order valence-electron chi connectivity index (χ2n) is 3.06. The van der Waals surface area contributed by atoms with Crippen LogP contribution in [-0.4, -0.2) is 28.9 Å². The average Bonchev–Trinajstić information content (AvgIpc) is 2.22. The van der Waals surface area contributed by atoms with Crippen molar-refractivity contribution in [2.75, 3.05) is 12.4 Å². The highest BCUT2D eigenvalue weighted by molar-refractivity contribution is 8.00. The lowest BCUT2D eigenvalue weighted by molar-refractivity contribution is -0.0329. The van der Waals surface area contributed by atoms with Crippen molar-refractivity contribution in [1.82, 2.24) is 0 Å². The Hall–Kier alpha value is -1.44. The first-order valence-corrected chi connectivity index (χ1v) is 5.65. The summed E-state index contributed by atoms with van der Waals surface area (Å²) in [7, 11) is 0. The van der Waals surface area contributed by atoms with E-state index >= 15 is 0 Å². The highest BCUT2D eigenvalue weighted by Crippen LogP contribution is 2.30. The maximum absolute atomic E-state index is 13.2. The summed E-state index contributed by atoms with van der Waals surface area (Å²) >= 11 is -0.295. The Bertz CT molecular complexity index is 434. The molecular weight excluding hydrogens is 276 g/mol. The van der Waals surface area contributed by atoms with Crippen molar-refractivity contribution in [1.29, 1.82) is 0 Å². The predicted octanol–water partition coefficient (Wildman–Crippen LogP) is 3.16. The number of carbonyl (C=O) groups is 1. The number of aromatic carboxylic acids is 1. The van der Waals surface area contributed by atoms with Gasteiger partial charge in [0, 0.05) is 5.75 Å². The Balaban J connectivity index is 2.63. The van der Waals surface area contributed by atoms with Crippen molar-refractivity contribution in [3.63, 3.8) is 0 Å². The lowest BCUT2D eigenvalue weighted by Gasteiger charge is -2.10. The van der Waals surface area contributed by atoms with E-state index in [1.807, 2.05) is 0 Å². The minimum atomic E-state index is -4.37. The minimum Gasteiger partial charge on any atom is -0.492 e. The van der Waals surface area contributed by atoms with E-state index in [1.165, 1.54) is 12.1 Å². The van der Waals surface area contributed by atoms with Crippen LogP contribution in [-0.2, 0) is 0 Å². The van der Waals surface area contributed by atoms with Crippen LogP contribution in [0.1, 0.15) is 10.4 Å². The number of benzene rings is 1. The van der Waals surface area contributed by atoms with E-state index in [9.17, 15) is 22.4 Å². The molecule has 18 heavy (non-hydrogen) atoms. The molecule has 0 heterocycles. The van der Waals surface area contributed by atoms with Gasteiger partial charge in [0.2, 0.25) is 0 Å². The maximum atomic E-state index is 13.2. The van der Waals surface area contributed by atoms with Crippen LogP contribution >= 0.6 is 11.8 Å². The molecule has 0 radical (unpaired) electrons. The van der Waals surface area contributed by atoms with Crippen LogP contribution < -0.4 is 4.74 Å². The van der Waals surface area contributed by atoms with Crippen LogP contribution in [0.5, 0.6) is 5.75 Å². The van der Waals surface area contributed by atoms with E-state index in [-0.39, 0.29) is 24.1 Å². The van der Waals surface area contributed by atoms with Gasteiger partial charge in [0.25, 0.3) is 0 Å². The number of carboxylic acid groups (broad SMARTS) is 1. The van der Waals surface area contributed by atoms with Crippen molar-refractivity contribution in [2.24, 2.45) is 0 Å². The first-order chi connectivity index (χ1) is 8.31. The number of thioether (sulfide) groups is 1. The van der Waals surface area contributed by atoms with Crippen LogP contribution in [0.4, 0.5) is 17.6 Å². The number of halogens is 4. The van der Waals surface area contributed by atoms with Gasteiger partial charge in [-0.3, -0.25) is 0 Å². The second-order valence-corrected chi connectivity index (χ2v) is 4.22. The summed E-state index contributed by atoms with van der Waals surface area (Å²) in [5.74, 6) is -3.22. The zero-order chi connectivity index (χ0) is 13.8. The molecule has 0 saturated carbocycles. The molecule has 3 nitrogen and oxygen atoms in total. The molecule has 0 aliphatic heterocycles. The van der Waals surface area contributed by atoms with Gasteiger partial charge in [-0.25, -0.2) is 9.18 Å². The standard InChI is InChI=1S/C10H8F4O3S/c11-6-2-1-3-7(8(6)9(15)16)17-4-5-18-10(12,13)14/h1-3H,4-5H2,(H,15,16). The summed E-state index contributed by atoms with van der Waals surface area (Å²) in [5, 5.41) is 8.73. The van der Waals surface area contributed by atoms with Crippen LogP contribution in [0.25, 0.3) is 0 Å². The van der Waals surface area contributed by atoms with Crippen LogP contribution in [0.15, 0.2) is 18.2 Å². The molecule has 0 bridgehead atoms. The van der Waals surface area contributed by atoms with Crippen molar-refractivity contribution in [3.8, 4) is 5.75 Å². The molecule has 100 valence electrons. The molecular formula is C10H8F4O3S. The van der Waals surface area contributed by atoms with E-state index in [0.717, 1.165) is 6.07 Å². The van der Waals surface area contributed by atoms with Crippen LogP contribution in [0.2, 0.25) is 0 Å². The van der Waals surface area contributed by atoms with Crippen molar-refractivity contribution in [2.45, 2.75) is 5.51 Å². The quantitative estimate of drug-likeness (QED) is 0.666. The van der Waals surface area contributed by atoms with E-state index in [1.54, 1.807) is 0 Å². The molecule has 1 N–H and O–H groups in total. The third-order valence-corrected chi connectivity index (χ3v) is 2.49. The van der Waals surface area contributed by atoms with E-state index in [2.05, 4.69) is 0 Å². The SMILES string of the molecule is O=C(O)c1c(F)cccc1OCCSC(F)(F)F. The van der Waals surface area contributed by atoms with Crippen molar-refractivity contribution < 1.29 is 32.2 Å². The lowest BCUT2D eigenvalue weighted by Crippen LogP contribution is -2.10. The maximum Gasteiger partial charge on any atom is 0.441 e. The molecule has 0 spiro atoms. The Morgan fingerprint density at radius 3 is 2.61 bits per heavy atom. The zero-order valence-electron chi connectivity index (χ0n) is 8.83. The van der Waals surface area contributed by atoms with Gasteiger partial charge >= 0.3 is 11.5 Å². The predicted molar refractivity (Wildman–Crippen MR) is 57.4 cm³/mol. The topological polar surface area (TPSA) is 46.5 Å². The van der Waals surface area contributed by atoms with Crippen molar-refractivity contribution >= 4 is 17.7 Å². The van der Waals surface area contributed by atoms with Gasteiger partial charge in [-0.15, -0.1) is 0 Å². The second kappa shape index (κ2) is 5.94. The molecule has 8 heteroatoms. The lowest BCUT2D eigenvalue weighted by atomic mass is 10.2. The molecule has 1 rings (SSSR count). The van der Waals surface area contributed by atoms with Gasteiger partial charge in [-0.2, -0.15) is 13.2 Å². The fraction of sp³-hybridized carbons (Fsp3) is 0.300. The van der Waals surface area contributed by atoms with Gasteiger partial charge in [0.1, 0.15) is 17.1 Å². The molecule has 1 aromatic carbocycles. The average molecular weight is 284 g/mol. The first-order valence-electron chi connectivity index (χ1n) is 4.66. The number of alkyl halides is 3. The third-order valence-electron chi connectivity index (χ3n) is 1.80.